The molecule has 0 bridgehead atoms. The third-order valence-corrected chi connectivity index (χ3v) is 1.72. The lowest BCUT2D eigenvalue weighted by molar-refractivity contribution is 0.570. The maximum Gasteiger partial charge on any atom is 0.333 e. The van der Waals surface area contributed by atoms with Gasteiger partial charge < -0.3 is 0 Å². The molecule has 2 N–H and O–H groups in total. The Morgan fingerprint density at radius 3 is 2.29 bits per heavy atom. The minimum Gasteiger partial charge on any atom is -0.259 e. The van der Waals surface area contributed by atoms with Crippen molar-refractivity contribution >= 4 is 0 Å². The van der Waals surface area contributed by atoms with Crippen molar-refractivity contribution in [3.63, 3.8) is 0 Å². The predicted octanol–water partition coefficient (Wildman–Crippen LogP) is -0.809. The summed E-state index contributed by atoms with van der Waals surface area (Å²) in [6.45, 7) is 3.79. The molecule has 1 aromatic heterocycles. The van der Waals surface area contributed by atoms with Gasteiger partial charge in [-0.1, -0.05) is 6.08 Å². The van der Waals surface area contributed by atoms with Crippen LogP contribution in [0.4, 0.5) is 0 Å². The summed E-state index contributed by atoms with van der Waals surface area (Å²) in [5.74, 6) is 0. The highest BCUT2D eigenvalue weighted by Crippen LogP contribution is 1.89. The molecule has 0 fully saturated rings. The number of nitrogens with one attached hydrogen (secondary N) is 2. The van der Waals surface area contributed by atoms with Crippen LogP contribution < -0.4 is 17.1 Å². The number of rotatable bonds is 4. The average molecular weight is 197 g/mol. The van der Waals surface area contributed by atoms with Crippen molar-refractivity contribution in [3.8, 4) is 0 Å². The topological polar surface area (TPSA) is 87.7 Å². The second-order valence-corrected chi connectivity index (χ2v) is 2.77. The molecular formula is C8H11N3O3. The Morgan fingerprint density at radius 2 is 1.79 bits per heavy atom. The Bertz CT molecular complexity index is 445. The second kappa shape index (κ2) is 4.40. The first-order chi connectivity index (χ1) is 6.65. The molecule has 0 amide bonds. The predicted molar refractivity (Wildman–Crippen MR) is 51.4 cm³/mol. The minimum absolute atomic E-state index is 0.275. The van der Waals surface area contributed by atoms with Crippen LogP contribution in [0.2, 0.25) is 0 Å². The van der Waals surface area contributed by atoms with Crippen LogP contribution in [0.1, 0.15) is 12.8 Å². The van der Waals surface area contributed by atoms with E-state index in [0.29, 0.717) is 12.8 Å². The summed E-state index contributed by atoms with van der Waals surface area (Å²) in [5.41, 5.74) is -2.13. The number of aromatic nitrogens is 3. The number of hydrogen-bond acceptors (Lipinski definition) is 3. The number of allylic oxidation sites excluding steroid dienone is 1. The summed E-state index contributed by atoms with van der Waals surface area (Å²) in [5, 5.41) is 0. The van der Waals surface area contributed by atoms with Crippen LogP contribution in [0.5, 0.6) is 0 Å². The Kier molecular flexibility index (Phi) is 3.22. The molecule has 1 heterocycles. The third kappa shape index (κ3) is 2.32. The van der Waals surface area contributed by atoms with E-state index >= 15 is 0 Å². The Labute approximate surface area is 78.9 Å². The van der Waals surface area contributed by atoms with Crippen LogP contribution in [0.15, 0.2) is 27.0 Å². The van der Waals surface area contributed by atoms with Crippen LogP contribution in [-0.2, 0) is 6.54 Å². The highest BCUT2D eigenvalue weighted by molar-refractivity contribution is 4.71. The zero-order chi connectivity index (χ0) is 10.6. The average Bonchev–Trinajstić information content (AvgIpc) is 2.09. The van der Waals surface area contributed by atoms with Gasteiger partial charge in [0, 0.05) is 6.54 Å². The fourth-order valence-corrected chi connectivity index (χ4v) is 1.05. The first-order valence-electron chi connectivity index (χ1n) is 4.19. The fraction of sp³-hybridized carbons (Fsp3) is 0.375. The molecular weight excluding hydrogens is 186 g/mol. The molecule has 0 aromatic carbocycles. The van der Waals surface area contributed by atoms with Gasteiger partial charge in [-0.3, -0.25) is 9.97 Å². The summed E-state index contributed by atoms with van der Waals surface area (Å²) in [7, 11) is 0. The van der Waals surface area contributed by atoms with Crippen molar-refractivity contribution in [2.75, 3.05) is 0 Å². The number of aromatic amines is 2. The van der Waals surface area contributed by atoms with Gasteiger partial charge in [-0.05, 0) is 12.8 Å². The van der Waals surface area contributed by atoms with E-state index in [2.05, 4.69) is 6.58 Å². The molecule has 6 nitrogen and oxygen atoms in total. The van der Waals surface area contributed by atoms with Crippen molar-refractivity contribution in [1.29, 1.82) is 0 Å². The SMILES string of the molecule is C=CCCCn1c(=O)[nH]c(=O)[nH]c1=O. The Hall–Kier alpha value is -1.85. The maximum atomic E-state index is 11.1. The van der Waals surface area contributed by atoms with Crippen molar-refractivity contribution in [3.05, 3.63) is 44.1 Å². The molecule has 1 rings (SSSR count). The van der Waals surface area contributed by atoms with Gasteiger partial charge in [-0.15, -0.1) is 6.58 Å². The van der Waals surface area contributed by atoms with Gasteiger partial charge >= 0.3 is 17.1 Å². The lowest BCUT2D eigenvalue weighted by atomic mass is 10.3. The maximum absolute atomic E-state index is 11.1. The van der Waals surface area contributed by atoms with Gasteiger partial charge in [0.1, 0.15) is 0 Å². The number of unbranched alkanes of at least 4 members (excludes halogenated alkanes) is 1. The Morgan fingerprint density at radius 1 is 1.21 bits per heavy atom. The zero-order valence-electron chi connectivity index (χ0n) is 7.58. The quantitative estimate of drug-likeness (QED) is 0.489. The van der Waals surface area contributed by atoms with Gasteiger partial charge in [-0.25, -0.2) is 19.0 Å². The molecule has 0 atom stereocenters. The highest BCUT2D eigenvalue weighted by Gasteiger charge is 2.00. The molecule has 14 heavy (non-hydrogen) atoms. The summed E-state index contributed by atoms with van der Waals surface area (Å²) in [6, 6.07) is 0. The molecule has 0 aliphatic rings. The number of H-pyrrole nitrogens is 2. The molecule has 0 unspecified atom stereocenters. The van der Waals surface area contributed by atoms with Crippen molar-refractivity contribution < 1.29 is 0 Å². The largest absolute Gasteiger partial charge is 0.333 e. The van der Waals surface area contributed by atoms with Gasteiger partial charge in [-0.2, -0.15) is 0 Å². The lowest BCUT2D eigenvalue weighted by Crippen LogP contribution is -2.43. The first-order valence-corrected chi connectivity index (χ1v) is 4.19. The summed E-state index contributed by atoms with van der Waals surface area (Å²) >= 11 is 0. The molecule has 0 saturated carbocycles. The molecule has 6 heteroatoms. The van der Waals surface area contributed by atoms with Gasteiger partial charge in [0.2, 0.25) is 0 Å². The Balaban J connectivity index is 2.98. The molecule has 0 spiro atoms. The van der Waals surface area contributed by atoms with Crippen LogP contribution in [0.25, 0.3) is 0 Å². The lowest BCUT2D eigenvalue weighted by Gasteiger charge is -2.00. The number of nitrogens with zero attached hydrogens (tertiary/aromatic N) is 1. The van der Waals surface area contributed by atoms with E-state index in [4.69, 9.17) is 0 Å². The summed E-state index contributed by atoms with van der Waals surface area (Å²) in [6.07, 6.45) is 3.05. The van der Waals surface area contributed by atoms with E-state index in [0.717, 1.165) is 4.57 Å². The standard InChI is InChI=1S/C8H11N3O3/c1-2-3-4-5-11-7(13)9-6(12)10-8(11)14/h2H,1,3-5H2,(H2,9,10,12,13,14). The number of hydrogen-bond donors (Lipinski definition) is 2. The van der Waals surface area contributed by atoms with Crippen molar-refractivity contribution in [2.24, 2.45) is 0 Å². The van der Waals surface area contributed by atoms with E-state index in [-0.39, 0.29) is 6.54 Å². The van der Waals surface area contributed by atoms with Gasteiger partial charge in [0.25, 0.3) is 0 Å². The van der Waals surface area contributed by atoms with Crippen LogP contribution in [-0.4, -0.2) is 14.5 Å². The van der Waals surface area contributed by atoms with Crippen LogP contribution in [0, 0.1) is 0 Å². The van der Waals surface area contributed by atoms with Gasteiger partial charge in [0.15, 0.2) is 0 Å². The van der Waals surface area contributed by atoms with E-state index in [1.165, 1.54) is 0 Å². The fourth-order valence-electron chi connectivity index (χ4n) is 1.05. The first kappa shape index (κ1) is 10.2. The smallest absolute Gasteiger partial charge is 0.259 e. The van der Waals surface area contributed by atoms with Crippen molar-refractivity contribution in [2.45, 2.75) is 19.4 Å². The minimum atomic E-state index is -0.778. The molecule has 0 radical (unpaired) electrons. The molecule has 76 valence electrons. The summed E-state index contributed by atoms with van der Waals surface area (Å²) in [4.78, 5) is 36.8. The third-order valence-electron chi connectivity index (χ3n) is 1.72. The molecule has 1 aromatic rings. The van der Waals surface area contributed by atoms with E-state index < -0.39 is 17.1 Å². The van der Waals surface area contributed by atoms with Crippen LogP contribution in [0.3, 0.4) is 0 Å². The normalized spacial score (nSPS) is 10.0. The van der Waals surface area contributed by atoms with Crippen LogP contribution >= 0.6 is 0 Å². The highest BCUT2D eigenvalue weighted by atomic mass is 16.2. The summed E-state index contributed by atoms with van der Waals surface area (Å²) < 4.78 is 0.949. The molecule has 0 saturated heterocycles. The van der Waals surface area contributed by atoms with Crippen molar-refractivity contribution in [1.82, 2.24) is 14.5 Å². The molecule has 0 aliphatic heterocycles. The van der Waals surface area contributed by atoms with E-state index in [1.807, 2.05) is 9.97 Å². The zero-order valence-corrected chi connectivity index (χ0v) is 7.58. The second-order valence-electron chi connectivity index (χ2n) is 2.77. The van der Waals surface area contributed by atoms with E-state index in [1.54, 1.807) is 6.08 Å². The van der Waals surface area contributed by atoms with Gasteiger partial charge in [0.05, 0.1) is 0 Å². The van der Waals surface area contributed by atoms with E-state index in [9.17, 15) is 14.4 Å². The monoisotopic (exact) mass is 197 g/mol. The molecule has 0 aliphatic carbocycles.